The lowest BCUT2D eigenvalue weighted by molar-refractivity contribution is 0.0775. The zero-order chi connectivity index (χ0) is 16.4. The molecular weight excluding hydrogens is 359 g/mol. The molecule has 0 aliphatic carbocycles. The van der Waals surface area contributed by atoms with Gasteiger partial charge in [0.1, 0.15) is 10.7 Å². The fraction of sp³-hybridized carbons (Fsp3) is 0.143. The molecular formula is C14H10Cl2N4O2S. The van der Waals surface area contributed by atoms with Gasteiger partial charge in [-0.1, -0.05) is 34.4 Å². The average Bonchev–Trinajstić information content (AvgIpc) is 3.20. The fourth-order valence-corrected chi connectivity index (χ4v) is 2.96. The normalized spacial score (nSPS) is 10.7. The molecule has 23 heavy (non-hydrogen) atoms. The lowest BCUT2D eigenvalue weighted by Gasteiger charge is -2.12. The van der Waals surface area contributed by atoms with Crippen LogP contribution in [0.3, 0.4) is 0 Å². The molecule has 3 aromatic rings. The van der Waals surface area contributed by atoms with E-state index in [9.17, 15) is 4.79 Å². The van der Waals surface area contributed by atoms with E-state index in [1.165, 1.54) is 22.6 Å². The first-order valence-electron chi connectivity index (χ1n) is 6.46. The van der Waals surface area contributed by atoms with Crippen molar-refractivity contribution in [3.63, 3.8) is 0 Å². The van der Waals surface area contributed by atoms with Gasteiger partial charge in [-0.25, -0.2) is 4.98 Å². The summed E-state index contributed by atoms with van der Waals surface area (Å²) in [6.07, 6.45) is 1.22. The molecule has 118 valence electrons. The van der Waals surface area contributed by atoms with Gasteiger partial charge in [-0.05, 0) is 12.1 Å². The molecule has 0 radical (unpaired) electrons. The van der Waals surface area contributed by atoms with Crippen LogP contribution in [0.4, 0.5) is 0 Å². The van der Waals surface area contributed by atoms with Crippen LogP contribution in [-0.2, 0) is 6.54 Å². The van der Waals surface area contributed by atoms with Crippen LogP contribution in [0, 0.1) is 0 Å². The van der Waals surface area contributed by atoms with Gasteiger partial charge in [0.25, 0.3) is 5.91 Å². The Hall–Kier alpha value is -1.96. The number of halogens is 2. The first-order valence-corrected chi connectivity index (χ1v) is 8.10. The van der Waals surface area contributed by atoms with Crippen LogP contribution in [-0.4, -0.2) is 33.0 Å². The molecule has 1 aromatic carbocycles. The quantitative estimate of drug-likeness (QED) is 0.700. The summed E-state index contributed by atoms with van der Waals surface area (Å²) in [6, 6.07) is 5.23. The van der Waals surface area contributed by atoms with Gasteiger partial charge in [0, 0.05) is 18.0 Å². The van der Waals surface area contributed by atoms with E-state index in [4.69, 9.17) is 23.2 Å². The number of aromatic nitrogens is 3. The Morgan fingerprint density at radius 2 is 2.17 bits per heavy atom. The highest BCUT2D eigenvalue weighted by atomic mass is 35.5. The summed E-state index contributed by atoms with van der Waals surface area (Å²) in [5.41, 5.74) is 1.16. The number of amides is 1. The Morgan fingerprint density at radius 1 is 1.35 bits per heavy atom. The monoisotopic (exact) mass is 368 g/mol. The van der Waals surface area contributed by atoms with Crippen LogP contribution >= 0.6 is 34.5 Å². The van der Waals surface area contributed by atoms with E-state index in [1.807, 2.05) is 6.07 Å². The molecule has 0 unspecified atom stereocenters. The number of hydrogen-bond acceptors (Lipinski definition) is 6. The number of benzene rings is 1. The maximum absolute atomic E-state index is 12.4. The summed E-state index contributed by atoms with van der Waals surface area (Å²) >= 11 is 13.3. The van der Waals surface area contributed by atoms with E-state index in [2.05, 4.69) is 19.6 Å². The standard InChI is InChI=1S/C14H10Cl2N4O2S/c1-20(5-12-17-7-22-19-12)14(21)11-6-23-13(18-11)8-2-3-9(15)10(16)4-8/h2-4,6-7H,5H2,1H3. The first-order chi connectivity index (χ1) is 11.0. The SMILES string of the molecule is CN(Cc1ncon1)C(=O)c1csc(-c2ccc(Cl)c(Cl)c2)n1. The zero-order valence-electron chi connectivity index (χ0n) is 11.9. The van der Waals surface area contributed by atoms with Crippen LogP contribution in [0.2, 0.25) is 10.0 Å². The predicted octanol–water partition coefficient (Wildman–Crippen LogP) is 3.77. The van der Waals surface area contributed by atoms with Gasteiger partial charge < -0.3 is 9.42 Å². The predicted molar refractivity (Wildman–Crippen MR) is 87.7 cm³/mol. The van der Waals surface area contributed by atoms with Crippen molar-refractivity contribution in [2.24, 2.45) is 0 Å². The van der Waals surface area contributed by atoms with Gasteiger partial charge in [0.15, 0.2) is 5.82 Å². The van der Waals surface area contributed by atoms with Crippen LogP contribution in [0.15, 0.2) is 34.5 Å². The average molecular weight is 369 g/mol. The molecule has 0 fully saturated rings. The highest BCUT2D eigenvalue weighted by molar-refractivity contribution is 7.13. The number of carbonyl (C=O) groups is 1. The number of rotatable bonds is 4. The Bertz CT molecular complexity index is 835. The third kappa shape index (κ3) is 3.52. The second kappa shape index (κ2) is 6.66. The molecule has 3 rings (SSSR count). The molecule has 0 saturated heterocycles. The first kappa shape index (κ1) is 15.9. The van der Waals surface area contributed by atoms with Gasteiger partial charge in [-0.3, -0.25) is 4.79 Å². The Labute approximate surface area is 145 Å². The van der Waals surface area contributed by atoms with E-state index in [-0.39, 0.29) is 12.5 Å². The molecule has 9 heteroatoms. The maximum Gasteiger partial charge on any atom is 0.273 e. The molecule has 2 aromatic heterocycles. The molecule has 0 saturated carbocycles. The minimum atomic E-state index is -0.225. The van der Waals surface area contributed by atoms with Crippen molar-refractivity contribution < 1.29 is 9.32 Å². The van der Waals surface area contributed by atoms with Crippen LogP contribution in [0.5, 0.6) is 0 Å². The highest BCUT2D eigenvalue weighted by Crippen LogP contribution is 2.30. The van der Waals surface area contributed by atoms with E-state index >= 15 is 0 Å². The van der Waals surface area contributed by atoms with E-state index in [1.54, 1.807) is 24.6 Å². The highest BCUT2D eigenvalue weighted by Gasteiger charge is 2.18. The topological polar surface area (TPSA) is 72.1 Å². The summed E-state index contributed by atoms with van der Waals surface area (Å²) in [6.45, 7) is 0.245. The largest absolute Gasteiger partial charge is 0.343 e. The van der Waals surface area contributed by atoms with E-state index in [0.717, 1.165) is 5.56 Å². The van der Waals surface area contributed by atoms with Crippen molar-refractivity contribution in [3.8, 4) is 10.6 Å². The summed E-state index contributed by atoms with van der Waals surface area (Å²) in [7, 11) is 1.65. The molecule has 1 amide bonds. The van der Waals surface area contributed by atoms with Crippen LogP contribution in [0.25, 0.3) is 10.6 Å². The molecule has 0 bridgehead atoms. The number of nitrogens with zero attached hydrogens (tertiary/aromatic N) is 4. The second-order valence-corrected chi connectivity index (χ2v) is 6.35. The zero-order valence-corrected chi connectivity index (χ0v) is 14.2. The van der Waals surface area contributed by atoms with Crippen LogP contribution in [0.1, 0.15) is 16.3 Å². The van der Waals surface area contributed by atoms with Crippen molar-refractivity contribution in [2.45, 2.75) is 6.54 Å². The van der Waals surface area contributed by atoms with E-state index in [0.29, 0.717) is 26.6 Å². The maximum atomic E-state index is 12.4. The van der Waals surface area contributed by atoms with Gasteiger partial charge in [0.2, 0.25) is 6.39 Å². The van der Waals surface area contributed by atoms with Crippen molar-refractivity contribution in [1.82, 2.24) is 20.0 Å². The summed E-state index contributed by atoms with van der Waals surface area (Å²) in [4.78, 5) is 22.1. The molecule has 2 heterocycles. The summed E-state index contributed by atoms with van der Waals surface area (Å²) in [5.74, 6) is 0.207. The molecule has 0 N–H and O–H groups in total. The van der Waals surface area contributed by atoms with Crippen molar-refractivity contribution in [3.05, 3.63) is 51.5 Å². The second-order valence-electron chi connectivity index (χ2n) is 4.68. The Balaban J connectivity index is 1.78. The van der Waals surface area contributed by atoms with Gasteiger partial charge >= 0.3 is 0 Å². The molecule has 0 aliphatic heterocycles. The Kier molecular flexibility index (Phi) is 4.61. The lowest BCUT2D eigenvalue weighted by atomic mass is 10.2. The third-order valence-electron chi connectivity index (χ3n) is 3.02. The van der Waals surface area contributed by atoms with Crippen molar-refractivity contribution in [1.29, 1.82) is 0 Å². The van der Waals surface area contributed by atoms with Gasteiger partial charge in [-0.15, -0.1) is 11.3 Å². The Morgan fingerprint density at radius 3 is 2.87 bits per heavy atom. The van der Waals surface area contributed by atoms with Crippen molar-refractivity contribution in [2.75, 3.05) is 7.05 Å². The number of thiazole rings is 1. The minimum Gasteiger partial charge on any atom is -0.343 e. The third-order valence-corrected chi connectivity index (χ3v) is 4.65. The smallest absolute Gasteiger partial charge is 0.273 e. The van der Waals surface area contributed by atoms with Crippen LogP contribution < -0.4 is 0 Å². The fourth-order valence-electron chi connectivity index (χ4n) is 1.88. The molecule has 0 aliphatic rings. The van der Waals surface area contributed by atoms with Gasteiger partial charge in [-0.2, -0.15) is 4.98 Å². The summed E-state index contributed by atoms with van der Waals surface area (Å²) < 4.78 is 4.65. The molecule has 0 atom stereocenters. The number of hydrogen-bond donors (Lipinski definition) is 0. The number of carbonyl (C=O) groups excluding carboxylic acids is 1. The molecule has 0 spiro atoms. The van der Waals surface area contributed by atoms with Gasteiger partial charge in [0.05, 0.1) is 16.6 Å². The molecule has 6 nitrogen and oxygen atoms in total. The van der Waals surface area contributed by atoms with E-state index < -0.39 is 0 Å². The minimum absolute atomic E-state index is 0.225. The van der Waals surface area contributed by atoms with Crippen molar-refractivity contribution >= 4 is 40.4 Å². The lowest BCUT2D eigenvalue weighted by Crippen LogP contribution is -2.26. The summed E-state index contributed by atoms with van der Waals surface area (Å²) in [5, 5.41) is 6.99.